The van der Waals surface area contributed by atoms with Crippen molar-refractivity contribution in [3.05, 3.63) is 29.8 Å². The van der Waals surface area contributed by atoms with Crippen LogP contribution in [-0.2, 0) is 9.53 Å². The molecule has 4 nitrogen and oxygen atoms in total. The van der Waals surface area contributed by atoms with Crippen LogP contribution in [0.1, 0.15) is 24.9 Å². The number of nitrogens with two attached hydrogens (primary N) is 1. The van der Waals surface area contributed by atoms with E-state index in [0.717, 1.165) is 12.1 Å². The standard InChI is InChI=1S/C12H14F3NO3/c1-2-18-11(17)7-10(16)8-3-5-9(6-4-8)19-12(13,14)15/h3-6,10H,2,7,16H2,1H3. The molecule has 0 spiro atoms. The average Bonchev–Trinajstić information content (AvgIpc) is 2.27. The lowest BCUT2D eigenvalue weighted by Gasteiger charge is -2.13. The number of esters is 1. The van der Waals surface area contributed by atoms with Crippen molar-refractivity contribution in [2.75, 3.05) is 6.61 Å². The molecule has 1 aromatic carbocycles. The van der Waals surface area contributed by atoms with Crippen LogP contribution in [0.15, 0.2) is 24.3 Å². The Hall–Kier alpha value is -1.76. The third-order valence-electron chi connectivity index (χ3n) is 2.23. The Morgan fingerprint density at radius 1 is 1.32 bits per heavy atom. The van der Waals surface area contributed by atoms with Gasteiger partial charge in [0.15, 0.2) is 0 Å². The predicted octanol–water partition coefficient (Wildman–Crippen LogP) is 2.54. The number of ether oxygens (including phenoxy) is 2. The van der Waals surface area contributed by atoms with Gasteiger partial charge in [0.25, 0.3) is 0 Å². The van der Waals surface area contributed by atoms with Gasteiger partial charge in [-0.15, -0.1) is 13.2 Å². The Morgan fingerprint density at radius 3 is 2.37 bits per heavy atom. The molecule has 0 aromatic heterocycles. The summed E-state index contributed by atoms with van der Waals surface area (Å²) in [6.07, 6.45) is -4.76. The molecule has 1 atom stereocenters. The summed E-state index contributed by atoms with van der Waals surface area (Å²) in [6, 6.07) is 4.43. The van der Waals surface area contributed by atoms with E-state index in [2.05, 4.69) is 4.74 Å². The highest BCUT2D eigenvalue weighted by Gasteiger charge is 2.31. The van der Waals surface area contributed by atoms with Crippen molar-refractivity contribution in [3.63, 3.8) is 0 Å². The second-order valence-electron chi connectivity index (χ2n) is 3.73. The first kappa shape index (κ1) is 15.3. The maximum atomic E-state index is 11.9. The zero-order valence-electron chi connectivity index (χ0n) is 10.2. The van der Waals surface area contributed by atoms with E-state index in [1.54, 1.807) is 6.92 Å². The van der Waals surface area contributed by atoms with Crippen molar-refractivity contribution in [2.24, 2.45) is 5.73 Å². The summed E-state index contributed by atoms with van der Waals surface area (Å²) in [5, 5.41) is 0. The molecule has 0 aliphatic heterocycles. The lowest BCUT2D eigenvalue weighted by Crippen LogP contribution is -2.18. The number of carbonyl (C=O) groups excluding carboxylic acids is 1. The van der Waals surface area contributed by atoms with Gasteiger partial charge >= 0.3 is 12.3 Å². The molecule has 0 bridgehead atoms. The Bertz CT molecular complexity index is 417. The molecule has 1 aromatic rings. The van der Waals surface area contributed by atoms with Crippen molar-refractivity contribution in [3.8, 4) is 5.75 Å². The summed E-state index contributed by atoms with van der Waals surface area (Å²) < 4.78 is 44.3. The van der Waals surface area contributed by atoms with Crippen LogP contribution < -0.4 is 10.5 Å². The molecule has 106 valence electrons. The quantitative estimate of drug-likeness (QED) is 0.840. The van der Waals surface area contributed by atoms with Crippen LogP contribution in [0.25, 0.3) is 0 Å². The molecule has 0 fully saturated rings. The first-order valence-corrected chi connectivity index (χ1v) is 5.58. The molecule has 7 heteroatoms. The monoisotopic (exact) mass is 277 g/mol. The fraction of sp³-hybridized carbons (Fsp3) is 0.417. The smallest absolute Gasteiger partial charge is 0.466 e. The van der Waals surface area contributed by atoms with Crippen LogP contribution in [-0.4, -0.2) is 18.9 Å². The van der Waals surface area contributed by atoms with E-state index in [4.69, 9.17) is 10.5 Å². The van der Waals surface area contributed by atoms with E-state index in [9.17, 15) is 18.0 Å². The highest BCUT2D eigenvalue weighted by atomic mass is 19.4. The molecule has 0 radical (unpaired) electrons. The predicted molar refractivity (Wildman–Crippen MR) is 61.3 cm³/mol. The van der Waals surface area contributed by atoms with Gasteiger partial charge in [-0.05, 0) is 24.6 Å². The van der Waals surface area contributed by atoms with Gasteiger partial charge in [-0.25, -0.2) is 0 Å². The van der Waals surface area contributed by atoms with E-state index in [1.165, 1.54) is 12.1 Å². The van der Waals surface area contributed by atoms with Gasteiger partial charge in [0.1, 0.15) is 5.75 Å². The topological polar surface area (TPSA) is 61.5 Å². The van der Waals surface area contributed by atoms with Crippen LogP contribution in [0.4, 0.5) is 13.2 Å². The molecule has 0 aliphatic rings. The number of hydrogen-bond acceptors (Lipinski definition) is 4. The molecular weight excluding hydrogens is 263 g/mol. The molecule has 1 unspecified atom stereocenters. The summed E-state index contributed by atoms with van der Waals surface area (Å²) in [4.78, 5) is 11.2. The minimum atomic E-state index is -4.73. The number of hydrogen-bond donors (Lipinski definition) is 1. The summed E-state index contributed by atoms with van der Waals surface area (Å²) >= 11 is 0. The first-order chi connectivity index (χ1) is 8.81. The second-order valence-corrected chi connectivity index (χ2v) is 3.73. The van der Waals surface area contributed by atoms with Gasteiger partial charge < -0.3 is 15.2 Å². The molecule has 2 N–H and O–H groups in total. The van der Waals surface area contributed by atoms with E-state index in [0.29, 0.717) is 5.56 Å². The van der Waals surface area contributed by atoms with E-state index >= 15 is 0 Å². The first-order valence-electron chi connectivity index (χ1n) is 5.58. The van der Waals surface area contributed by atoms with Gasteiger partial charge in [0.2, 0.25) is 0 Å². The van der Waals surface area contributed by atoms with Gasteiger partial charge in [0, 0.05) is 6.04 Å². The summed E-state index contributed by atoms with van der Waals surface area (Å²) in [7, 11) is 0. The lowest BCUT2D eigenvalue weighted by atomic mass is 10.0. The van der Waals surface area contributed by atoms with Crippen LogP contribution in [0.5, 0.6) is 5.75 Å². The fourth-order valence-corrected chi connectivity index (χ4v) is 1.43. The summed E-state index contributed by atoms with van der Waals surface area (Å²) in [5.41, 5.74) is 6.27. The number of alkyl halides is 3. The average molecular weight is 277 g/mol. The van der Waals surface area contributed by atoms with Crippen LogP contribution in [0, 0.1) is 0 Å². The third-order valence-corrected chi connectivity index (χ3v) is 2.23. The molecule has 0 saturated carbocycles. The fourth-order valence-electron chi connectivity index (χ4n) is 1.43. The summed E-state index contributed by atoms with van der Waals surface area (Å²) in [6.45, 7) is 1.93. The lowest BCUT2D eigenvalue weighted by molar-refractivity contribution is -0.274. The van der Waals surface area contributed by atoms with Crippen LogP contribution in [0.3, 0.4) is 0 Å². The zero-order valence-corrected chi connectivity index (χ0v) is 10.2. The maximum absolute atomic E-state index is 11.9. The van der Waals surface area contributed by atoms with Gasteiger partial charge in [-0.3, -0.25) is 4.79 Å². The maximum Gasteiger partial charge on any atom is 0.573 e. The van der Waals surface area contributed by atoms with Gasteiger partial charge in [0.05, 0.1) is 13.0 Å². The molecule has 19 heavy (non-hydrogen) atoms. The molecular formula is C12H14F3NO3. The number of carbonyl (C=O) groups is 1. The van der Waals surface area contributed by atoms with Crippen molar-refractivity contribution in [2.45, 2.75) is 25.7 Å². The van der Waals surface area contributed by atoms with Crippen LogP contribution in [0.2, 0.25) is 0 Å². The number of benzene rings is 1. The van der Waals surface area contributed by atoms with E-state index < -0.39 is 18.4 Å². The number of rotatable bonds is 5. The molecule has 1 rings (SSSR count). The SMILES string of the molecule is CCOC(=O)CC(N)c1ccc(OC(F)(F)F)cc1. The largest absolute Gasteiger partial charge is 0.573 e. The minimum absolute atomic E-state index is 0.0344. The number of halogens is 3. The zero-order chi connectivity index (χ0) is 14.5. The van der Waals surface area contributed by atoms with Gasteiger partial charge in [-0.2, -0.15) is 0 Å². The Labute approximate surface area is 108 Å². The summed E-state index contributed by atoms with van der Waals surface area (Å²) in [5.74, 6) is -0.787. The van der Waals surface area contributed by atoms with E-state index in [-0.39, 0.29) is 18.8 Å². The Kier molecular flexibility index (Phi) is 5.17. The molecule has 0 aliphatic carbocycles. The Balaban J connectivity index is 2.63. The molecule has 0 amide bonds. The van der Waals surface area contributed by atoms with Crippen molar-refractivity contribution in [1.82, 2.24) is 0 Å². The van der Waals surface area contributed by atoms with Crippen molar-refractivity contribution >= 4 is 5.97 Å². The normalized spacial score (nSPS) is 12.9. The molecule has 0 heterocycles. The second kappa shape index (κ2) is 6.42. The highest BCUT2D eigenvalue weighted by Crippen LogP contribution is 2.24. The third kappa shape index (κ3) is 5.60. The van der Waals surface area contributed by atoms with E-state index in [1.807, 2.05) is 0 Å². The van der Waals surface area contributed by atoms with Gasteiger partial charge in [-0.1, -0.05) is 12.1 Å². The molecule has 0 saturated heterocycles. The Morgan fingerprint density at radius 2 is 1.89 bits per heavy atom. The van der Waals surface area contributed by atoms with Crippen molar-refractivity contribution in [1.29, 1.82) is 0 Å². The van der Waals surface area contributed by atoms with Crippen molar-refractivity contribution < 1.29 is 27.4 Å². The minimum Gasteiger partial charge on any atom is -0.466 e. The van der Waals surface area contributed by atoms with Crippen LogP contribution >= 0.6 is 0 Å². The highest BCUT2D eigenvalue weighted by molar-refractivity contribution is 5.70.